The number of unbranched alkanes of at least 4 members (excludes halogenated alkanes) is 1. The van der Waals surface area contributed by atoms with Crippen molar-refractivity contribution in [3.8, 4) is 0 Å². The maximum absolute atomic E-state index is 13.1. The summed E-state index contributed by atoms with van der Waals surface area (Å²) in [5.74, 6) is -1.53. The smallest absolute Gasteiger partial charge is 0.417 e. The molecule has 0 aliphatic carbocycles. The molecule has 0 radical (unpaired) electrons. The standard InChI is InChI=1S/C13H15F3N2O6S/c1-2-3-4-10(12(19)20)17-25(23,24)11-6-5-8(18(21)22)7-9(11)13(14,15)16/h5-7,10,17H,2-4H2,1H3,(H,19,20). The number of sulfonamides is 1. The first-order valence-corrected chi connectivity index (χ1v) is 8.49. The number of aliphatic carboxylic acids is 1. The predicted octanol–water partition coefficient (Wildman–Crippen LogP) is 2.54. The van der Waals surface area contributed by atoms with Crippen molar-refractivity contribution in [2.24, 2.45) is 0 Å². The normalized spacial score (nSPS) is 13.4. The zero-order valence-electron chi connectivity index (χ0n) is 12.9. The number of hydrogen-bond donors (Lipinski definition) is 2. The Morgan fingerprint density at radius 1 is 1.40 bits per heavy atom. The van der Waals surface area contributed by atoms with Gasteiger partial charge in [-0.15, -0.1) is 0 Å². The molecule has 0 heterocycles. The first kappa shape index (κ1) is 20.8. The van der Waals surface area contributed by atoms with Crippen molar-refractivity contribution in [2.75, 3.05) is 0 Å². The molecule has 0 saturated carbocycles. The first-order valence-electron chi connectivity index (χ1n) is 7.01. The monoisotopic (exact) mass is 384 g/mol. The SMILES string of the molecule is CCCCC(NS(=O)(=O)c1ccc([N+](=O)[O-])cc1C(F)(F)F)C(=O)O. The van der Waals surface area contributed by atoms with Gasteiger partial charge < -0.3 is 5.11 Å². The van der Waals surface area contributed by atoms with Gasteiger partial charge in [0.2, 0.25) is 10.0 Å². The average Bonchev–Trinajstić information content (AvgIpc) is 2.49. The Bertz CT molecular complexity index is 764. The third-order valence-corrected chi connectivity index (χ3v) is 4.74. The lowest BCUT2D eigenvalue weighted by molar-refractivity contribution is -0.385. The number of nitro benzene ring substituents is 1. The van der Waals surface area contributed by atoms with Crippen LogP contribution in [0.5, 0.6) is 0 Å². The van der Waals surface area contributed by atoms with E-state index in [0.29, 0.717) is 25.0 Å². The lowest BCUT2D eigenvalue weighted by Crippen LogP contribution is -2.41. The highest BCUT2D eigenvalue weighted by Gasteiger charge is 2.39. The highest BCUT2D eigenvalue weighted by atomic mass is 32.2. The van der Waals surface area contributed by atoms with Crippen LogP contribution in [-0.4, -0.2) is 30.5 Å². The number of halogens is 3. The van der Waals surface area contributed by atoms with E-state index in [-0.39, 0.29) is 12.5 Å². The fourth-order valence-electron chi connectivity index (χ4n) is 1.98. The highest BCUT2D eigenvalue weighted by Crippen LogP contribution is 2.36. The average molecular weight is 384 g/mol. The van der Waals surface area contributed by atoms with E-state index in [0.717, 1.165) is 0 Å². The molecular formula is C13H15F3N2O6S. The number of nitrogens with zero attached hydrogens (tertiary/aromatic N) is 1. The molecule has 8 nitrogen and oxygen atoms in total. The molecule has 0 aliphatic heterocycles. The minimum atomic E-state index is -5.18. The van der Waals surface area contributed by atoms with Crippen LogP contribution >= 0.6 is 0 Å². The molecule has 0 aliphatic rings. The number of carboxylic acid groups (broad SMARTS) is 1. The van der Waals surface area contributed by atoms with Crippen molar-refractivity contribution in [3.63, 3.8) is 0 Å². The number of non-ortho nitro benzene ring substituents is 1. The summed E-state index contributed by atoms with van der Waals surface area (Å²) < 4.78 is 65.4. The minimum absolute atomic E-state index is 0.0936. The lowest BCUT2D eigenvalue weighted by Gasteiger charge is -2.17. The molecule has 1 aromatic rings. The Balaban J connectivity index is 3.37. The summed E-state index contributed by atoms with van der Waals surface area (Å²) in [6.07, 6.45) is -4.40. The van der Waals surface area contributed by atoms with Crippen molar-refractivity contribution in [1.29, 1.82) is 0 Å². The molecule has 140 valence electrons. The maximum Gasteiger partial charge on any atom is 0.417 e. The van der Waals surface area contributed by atoms with Gasteiger partial charge in [0.1, 0.15) is 6.04 Å². The fourth-order valence-corrected chi connectivity index (χ4v) is 3.41. The Labute approximate surface area is 140 Å². The third-order valence-electron chi connectivity index (χ3n) is 3.21. The number of carboxylic acids is 1. The van der Waals surface area contributed by atoms with E-state index in [1.807, 2.05) is 0 Å². The topological polar surface area (TPSA) is 127 Å². The molecule has 1 unspecified atom stereocenters. The maximum atomic E-state index is 13.1. The quantitative estimate of drug-likeness (QED) is 0.524. The summed E-state index contributed by atoms with van der Waals surface area (Å²) in [4.78, 5) is 19.4. The van der Waals surface area contributed by atoms with Gasteiger partial charge in [0.15, 0.2) is 0 Å². The predicted molar refractivity (Wildman–Crippen MR) is 79.4 cm³/mol. The molecule has 0 aromatic heterocycles. The number of carbonyl (C=O) groups is 1. The summed E-state index contributed by atoms with van der Waals surface area (Å²) in [7, 11) is -4.86. The van der Waals surface area contributed by atoms with E-state index >= 15 is 0 Å². The Hall–Kier alpha value is -2.21. The van der Waals surface area contributed by atoms with Gasteiger partial charge in [-0.25, -0.2) is 8.42 Å². The van der Waals surface area contributed by atoms with E-state index in [1.165, 1.54) is 0 Å². The summed E-state index contributed by atoms with van der Waals surface area (Å²) in [6.45, 7) is 1.73. The van der Waals surface area contributed by atoms with Crippen LogP contribution in [0.15, 0.2) is 23.1 Å². The zero-order chi connectivity index (χ0) is 19.4. The van der Waals surface area contributed by atoms with Crippen LogP contribution in [0.2, 0.25) is 0 Å². The van der Waals surface area contributed by atoms with Gasteiger partial charge in [-0.05, 0) is 12.5 Å². The number of nitrogens with one attached hydrogen (secondary N) is 1. The summed E-state index contributed by atoms with van der Waals surface area (Å²) >= 11 is 0. The fraction of sp³-hybridized carbons (Fsp3) is 0.462. The second kappa shape index (κ2) is 7.78. The number of hydrogen-bond acceptors (Lipinski definition) is 5. The van der Waals surface area contributed by atoms with Crippen LogP contribution in [-0.2, 0) is 21.0 Å². The largest absolute Gasteiger partial charge is 0.480 e. The Morgan fingerprint density at radius 2 is 2.00 bits per heavy atom. The third kappa shape index (κ3) is 5.39. The molecule has 0 fully saturated rings. The summed E-state index contributed by atoms with van der Waals surface area (Å²) in [5.41, 5.74) is -2.68. The van der Waals surface area contributed by atoms with E-state index in [2.05, 4.69) is 0 Å². The van der Waals surface area contributed by atoms with Crippen LogP contribution in [0, 0.1) is 10.1 Å². The number of nitro groups is 1. The molecule has 12 heteroatoms. The molecule has 0 bridgehead atoms. The van der Waals surface area contributed by atoms with E-state index in [4.69, 9.17) is 5.11 Å². The van der Waals surface area contributed by atoms with Gasteiger partial charge in [0.25, 0.3) is 5.69 Å². The molecule has 25 heavy (non-hydrogen) atoms. The molecular weight excluding hydrogens is 369 g/mol. The second-order valence-corrected chi connectivity index (χ2v) is 6.77. The van der Waals surface area contributed by atoms with Gasteiger partial charge in [0, 0.05) is 12.1 Å². The van der Waals surface area contributed by atoms with Gasteiger partial charge in [-0.2, -0.15) is 17.9 Å². The lowest BCUT2D eigenvalue weighted by atomic mass is 10.1. The summed E-state index contributed by atoms with van der Waals surface area (Å²) in [5, 5.41) is 19.6. The van der Waals surface area contributed by atoms with E-state index in [9.17, 15) is 36.5 Å². The Morgan fingerprint density at radius 3 is 2.44 bits per heavy atom. The van der Waals surface area contributed by atoms with Crippen molar-refractivity contribution in [1.82, 2.24) is 4.72 Å². The summed E-state index contributed by atoms with van der Waals surface area (Å²) in [6, 6.07) is -0.481. The molecule has 1 atom stereocenters. The number of alkyl halides is 3. The van der Waals surface area contributed by atoms with Crippen molar-refractivity contribution in [2.45, 2.75) is 43.3 Å². The molecule has 2 N–H and O–H groups in total. The molecule has 1 rings (SSSR count). The van der Waals surface area contributed by atoms with Gasteiger partial charge >= 0.3 is 12.1 Å². The number of rotatable bonds is 8. The van der Waals surface area contributed by atoms with Gasteiger partial charge in [-0.1, -0.05) is 19.8 Å². The van der Waals surface area contributed by atoms with Crippen LogP contribution in [0.4, 0.5) is 18.9 Å². The van der Waals surface area contributed by atoms with Crippen molar-refractivity contribution >= 4 is 21.7 Å². The molecule has 0 amide bonds. The minimum Gasteiger partial charge on any atom is -0.480 e. The van der Waals surface area contributed by atoms with Crippen LogP contribution in [0.1, 0.15) is 31.7 Å². The van der Waals surface area contributed by atoms with Crippen molar-refractivity contribution < 1.29 is 36.4 Å². The van der Waals surface area contributed by atoms with Gasteiger partial charge in [0.05, 0.1) is 15.4 Å². The number of benzene rings is 1. The Kier molecular flexibility index (Phi) is 6.48. The zero-order valence-corrected chi connectivity index (χ0v) is 13.7. The highest BCUT2D eigenvalue weighted by molar-refractivity contribution is 7.89. The molecule has 0 spiro atoms. The van der Waals surface area contributed by atoms with Crippen LogP contribution < -0.4 is 4.72 Å². The van der Waals surface area contributed by atoms with Crippen molar-refractivity contribution in [3.05, 3.63) is 33.9 Å². The molecule has 0 saturated heterocycles. The van der Waals surface area contributed by atoms with E-state index < -0.39 is 49.3 Å². The van der Waals surface area contributed by atoms with E-state index in [1.54, 1.807) is 11.6 Å². The molecule has 1 aromatic carbocycles. The van der Waals surface area contributed by atoms with Gasteiger partial charge in [-0.3, -0.25) is 14.9 Å². The van der Waals surface area contributed by atoms with Crippen LogP contribution in [0.25, 0.3) is 0 Å². The first-order chi connectivity index (χ1) is 11.4. The second-order valence-electron chi connectivity index (χ2n) is 5.09. The van der Waals surface area contributed by atoms with Crippen LogP contribution in [0.3, 0.4) is 0 Å².